The van der Waals surface area contributed by atoms with Crippen molar-refractivity contribution in [2.24, 2.45) is 0 Å². The molecule has 6 nitrogen and oxygen atoms in total. The van der Waals surface area contributed by atoms with E-state index in [-0.39, 0.29) is 6.61 Å². The minimum Gasteiger partial charge on any atom is -0.482 e. The number of carbonyl (C=O) groups is 1. The van der Waals surface area contributed by atoms with Gasteiger partial charge in [-0.1, -0.05) is 55.3 Å². The number of hydrogen-bond donors (Lipinski definition) is 1. The van der Waals surface area contributed by atoms with Crippen molar-refractivity contribution in [1.29, 1.82) is 0 Å². The fraction of sp³-hybridized carbons (Fsp3) is 0.320. The summed E-state index contributed by atoms with van der Waals surface area (Å²) in [6.45, 7) is 7.38. The Bertz CT molecular complexity index is 1020. The van der Waals surface area contributed by atoms with E-state index in [0.717, 1.165) is 47.6 Å². The molecule has 31 heavy (non-hydrogen) atoms. The Morgan fingerprint density at radius 3 is 2.55 bits per heavy atom. The molecule has 1 aromatic heterocycles. The van der Waals surface area contributed by atoms with E-state index in [1.807, 2.05) is 31.3 Å². The average molecular weight is 420 g/mol. The van der Waals surface area contributed by atoms with Gasteiger partial charge in [0.1, 0.15) is 11.6 Å². The summed E-state index contributed by atoms with van der Waals surface area (Å²) in [6, 6.07) is 14.1. The zero-order valence-corrected chi connectivity index (χ0v) is 18.3. The van der Waals surface area contributed by atoms with Crippen molar-refractivity contribution in [3.05, 3.63) is 71.5 Å². The molecule has 0 atom stereocenters. The summed E-state index contributed by atoms with van der Waals surface area (Å²) in [7, 11) is 0. The molecule has 0 amide bonds. The first kappa shape index (κ1) is 22.3. The number of rotatable bonds is 10. The van der Waals surface area contributed by atoms with Crippen molar-refractivity contribution in [1.82, 2.24) is 9.97 Å². The highest BCUT2D eigenvalue weighted by Gasteiger charge is 2.12. The number of carboxylic acids is 1. The van der Waals surface area contributed by atoms with Crippen LogP contribution in [0.3, 0.4) is 0 Å². The normalized spacial score (nSPS) is 10.7. The number of anilines is 1. The predicted molar refractivity (Wildman–Crippen MR) is 122 cm³/mol. The van der Waals surface area contributed by atoms with Gasteiger partial charge >= 0.3 is 5.97 Å². The molecular formula is C25H29N3O3. The molecule has 0 spiro atoms. The van der Waals surface area contributed by atoms with Gasteiger partial charge in [0.05, 0.1) is 18.1 Å². The number of carboxylic acid groups (broad SMARTS) is 1. The van der Waals surface area contributed by atoms with Crippen LogP contribution in [0.25, 0.3) is 11.3 Å². The molecule has 0 radical (unpaired) electrons. The monoisotopic (exact) mass is 419 g/mol. The van der Waals surface area contributed by atoms with Crippen LogP contribution in [-0.4, -0.2) is 34.2 Å². The van der Waals surface area contributed by atoms with Crippen molar-refractivity contribution >= 4 is 11.8 Å². The molecule has 0 saturated heterocycles. The highest BCUT2D eigenvalue weighted by Crippen LogP contribution is 2.24. The van der Waals surface area contributed by atoms with E-state index in [2.05, 4.69) is 48.0 Å². The Hall–Kier alpha value is -3.41. The summed E-state index contributed by atoms with van der Waals surface area (Å²) in [5, 5.41) is 8.82. The molecule has 0 saturated carbocycles. The number of aryl methyl sites for hydroxylation is 2. The van der Waals surface area contributed by atoms with Crippen LogP contribution in [0.5, 0.6) is 5.75 Å². The third-order valence-electron chi connectivity index (χ3n) is 5.04. The Morgan fingerprint density at radius 1 is 1.10 bits per heavy atom. The molecule has 0 aliphatic carbocycles. The maximum atomic E-state index is 10.8. The topological polar surface area (TPSA) is 75.5 Å². The maximum absolute atomic E-state index is 10.8. The van der Waals surface area contributed by atoms with Gasteiger partial charge in [-0.2, -0.15) is 0 Å². The van der Waals surface area contributed by atoms with Crippen LogP contribution in [0, 0.1) is 13.8 Å². The second-order valence-corrected chi connectivity index (χ2v) is 7.69. The standard InChI is InChI=1S/C25H29N3O3/c1-4-5-12-28(16-20-8-11-23(19(3)13-20)31-17-25(29)30)24-15-26-14-22(27-24)21-9-6-18(2)7-10-21/h6-11,13-15H,4-5,12,16-17H2,1-3H3,(H,29,30). The van der Waals surface area contributed by atoms with Gasteiger partial charge in [-0.3, -0.25) is 4.98 Å². The van der Waals surface area contributed by atoms with E-state index in [9.17, 15) is 4.79 Å². The quantitative estimate of drug-likeness (QED) is 0.497. The Labute approximate surface area is 183 Å². The van der Waals surface area contributed by atoms with Crippen LogP contribution in [-0.2, 0) is 11.3 Å². The summed E-state index contributed by atoms with van der Waals surface area (Å²) in [6.07, 6.45) is 5.74. The average Bonchev–Trinajstić information content (AvgIpc) is 2.76. The van der Waals surface area contributed by atoms with Crippen molar-refractivity contribution in [3.63, 3.8) is 0 Å². The Balaban J connectivity index is 1.82. The molecule has 0 bridgehead atoms. The fourth-order valence-electron chi connectivity index (χ4n) is 3.33. The summed E-state index contributed by atoms with van der Waals surface area (Å²) >= 11 is 0. The van der Waals surface area contributed by atoms with Crippen LogP contribution >= 0.6 is 0 Å². The fourth-order valence-corrected chi connectivity index (χ4v) is 3.33. The highest BCUT2D eigenvalue weighted by atomic mass is 16.5. The third kappa shape index (κ3) is 6.28. The van der Waals surface area contributed by atoms with Crippen LogP contribution < -0.4 is 9.64 Å². The highest BCUT2D eigenvalue weighted by molar-refractivity contribution is 5.68. The minimum atomic E-state index is -0.985. The van der Waals surface area contributed by atoms with Crippen molar-refractivity contribution in [2.75, 3.05) is 18.1 Å². The lowest BCUT2D eigenvalue weighted by Crippen LogP contribution is -2.25. The number of hydrogen-bond acceptors (Lipinski definition) is 5. The van der Waals surface area contributed by atoms with E-state index in [4.69, 9.17) is 14.8 Å². The van der Waals surface area contributed by atoms with Gasteiger partial charge in [0.25, 0.3) is 0 Å². The van der Waals surface area contributed by atoms with Gasteiger partial charge in [-0.05, 0) is 37.5 Å². The number of nitrogens with zero attached hydrogens (tertiary/aromatic N) is 3. The number of unbranched alkanes of at least 4 members (excludes halogenated alkanes) is 1. The smallest absolute Gasteiger partial charge is 0.341 e. The molecular weight excluding hydrogens is 390 g/mol. The van der Waals surface area contributed by atoms with E-state index in [1.54, 1.807) is 6.20 Å². The van der Waals surface area contributed by atoms with Crippen LogP contribution in [0.15, 0.2) is 54.9 Å². The zero-order valence-electron chi connectivity index (χ0n) is 18.3. The Morgan fingerprint density at radius 2 is 1.87 bits per heavy atom. The molecule has 0 aliphatic heterocycles. The van der Waals surface area contributed by atoms with Gasteiger partial charge in [0, 0.05) is 18.7 Å². The maximum Gasteiger partial charge on any atom is 0.341 e. The SMILES string of the molecule is CCCCN(Cc1ccc(OCC(=O)O)c(C)c1)c1cncc(-c2ccc(C)cc2)n1. The van der Waals surface area contributed by atoms with Crippen molar-refractivity contribution < 1.29 is 14.6 Å². The van der Waals surface area contributed by atoms with Gasteiger partial charge in [0.2, 0.25) is 0 Å². The second-order valence-electron chi connectivity index (χ2n) is 7.69. The summed E-state index contributed by atoms with van der Waals surface area (Å²) in [5.41, 5.74) is 5.13. The summed E-state index contributed by atoms with van der Waals surface area (Å²) in [5.74, 6) is 0.448. The lowest BCUT2D eigenvalue weighted by molar-refractivity contribution is -0.139. The number of benzene rings is 2. The number of ether oxygens (including phenoxy) is 1. The van der Waals surface area contributed by atoms with E-state index >= 15 is 0 Å². The van der Waals surface area contributed by atoms with E-state index < -0.39 is 5.97 Å². The van der Waals surface area contributed by atoms with E-state index in [1.165, 1.54) is 5.56 Å². The first-order valence-corrected chi connectivity index (χ1v) is 10.5. The molecule has 3 aromatic rings. The molecule has 2 aromatic carbocycles. The first-order chi connectivity index (χ1) is 15.0. The van der Waals surface area contributed by atoms with Crippen LogP contribution in [0.2, 0.25) is 0 Å². The largest absolute Gasteiger partial charge is 0.482 e. The van der Waals surface area contributed by atoms with Crippen LogP contribution in [0.1, 0.15) is 36.5 Å². The second kappa shape index (κ2) is 10.6. The lowest BCUT2D eigenvalue weighted by atomic mass is 10.1. The predicted octanol–water partition coefficient (Wildman–Crippen LogP) is 5.03. The lowest BCUT2D eigenvalue weighted by Gasteiger charge is -2.24. The zero-order chi connectivity index (χ0) is 22.2. The molecule has 0 fully saturated rings. The molecule has 162 valence electrons. The van der Waals surface area contributed by atoms with Crippen molar-refractivity contribution in [3.8, 4) is 17.0 Å². The number of aromatic nitrogens is 2. The van der Waals surface area contributed by atoms with Gasteiger partial charge in [-0.15, -0.1) is 0 Å². The summed E-state index contributed by atoms with van der Waals surface area (Å²) < 4.78 is 5.35. The third-order valence-corrected chi connectivity index (χ3v) is 5.04. The number of aliphatic carboxylic acids is 1. The van der Waals surface area contributed by atoms with Gasteiger partial charge < -0.3 is 14.7 Å². The molecule has 0 aliphatic rings. The molecule has 6 heteroatoms. The van der Waals surface area contributed by atoms with Crippen LogP contribution in [0.4, 0.5) is 5.82 Å². The Kier molecular flexibility index (Phi) is 7.60. The molecule has 1 N–H and O–H groups in total. The van der Waals surface area contributed by atoms with Gasteiger partial charge in [-0.25, -0.2) is 9.78 Å². The summed E-state index contributed by atoms with van der Waals surface area (Å²) in [4.78, 5) is 22.3. The van der Waals surface area contributed by atoms with E-state index in [0.29, 0.717) is 12.3 Å². The molecule has 1 heterocycles. The van der Waals surface area contributed by atoms with Crippen molar-refractivity contribution in [2.45, 2.75) is 40.2 Å². The minimum absolute atomic E-state index is 0.343. The molecule has 0 unspecified atom stereocenters. The molecule has 3 rings (SSSR count). The first-order valence-electron chi connectivity index (χ1n) is 10.5. The van der Waals surface area contributed by atoms with Gasteiger partial charge in [0.15, 0.2) is 6.61 Å².